The molecule has 18 heavy (non-hydrogen) atoms. The summed E-state index contributed by atoms with van der Waals surface area (Å²) in [6.07, 6.45) is 1.98. The Morgan fingerprint density at radius 1 is 1.22 bits per heavy atom. The minimum absolute atomic E-state index is 0.409. The molecule has 0 saturated carbocycles. The van der Waals surface area contributed by atoms with Crippen molar-refractivity contribution in [1.29, 1.82) is 0 Å². The number of carbonyl (C=O) groups is 2. The van der Waals surface area contributed by atoms with Crippen LogP contribution in [-0.2, 0) is 4.79 Å². The van der Waals surface area contributed by atoms with Crippen molar-refractivity contribution in [2.24, 2.45) is 5.92 Å². The fraction of sp³-hybridized carbons (Fsp3) is 0.429. The lowest BCUT2D eigenvalue weighted by Crippen LogP contribution is -2.34. The molecular formula is C14H16ClNO2. The zero-order valence-corrected chi connectivity index (χ0v) is 11.3. The van der Waals surface area contributed by atoms with Gasteiger partial charge in [-0.15, -0.1) is 0 Å². The van der Waals surface area contributed by atoms with E-state index >= 15 is 0 Å². The van der Waals surface area contributed by atoms with Crippen LogP contribution in [0.1, 0.15) is 37.0 Å². The maximum Gasteiger partial charge on any atom is 0.299 e. The molecule has 96 valence electrons. The topological polar surface area (TPSA) is 37.4 Å². The molecule has 3 nitrogen and oxygen atoms in total. The summed E-state index contributed by atoms with van der Waals surface area (Å²) in [6.45, 7) is 4.77. The molecule has 0 spiro atoms. The predicted octanol–water partition coefficient (Wildman–Crippen LogP) is 3.31. The maximum absolute atomic E-state index is 12.0. The molecule has 0 atom stereocenters. The predicted molar refractivity (Wildman–Crippen MR) is 72.2 cm³/mol. The lowest BCUT2D eigenvalue weighted by atomic mass is 10.0. The molecule has 1 amide bonds. The lowest BCUT2D eigenvalue weighted by Gasteiger charge is -2.22. The third-order valence-corrected chi connectivity index (χ3v) is 3.77. The summed E-state index contributed by atoms with van der Waals surface area (Å²) in [4.78, 5) is 25.4. The summed E-state index contributed by atoms with van der Waals surface area (Å²) in [5.74, 6) is -0.446. The summed E-state index contributed by atoms with van der Waals surface area (Å²) < 4.78 is 0. The van der Waals surface area contributed by atoms with Gasteiger partial charge >= 0.3 is 0 Å². The van der Waals surface area contributed by atoms with Gasteiger partial charge in [0.1, 0.15) is 0 Å². The van der Waals surface area contributed by atoms with Crippen molar-refractivity contribution in [3.63, 3.8) is 0 Å². The SMILES string of the molecule is CCC(CC)CN1C(=O)C(=O)c2ccc(Cl)cc21. The maximum atomic E-state index is 12.0. The van der Waals surface area contributed by atoms with Gasteiger partial charge in [-0.05, 0) is 24.1 Å². The highest BCUT2D eigenvalue weighted by atomic mass is 35.5. The van der Waals surface area contributed by atoms with E-state index in [1.54, 1.807) is 23.1 Å². The van der Waals surface area contributed by atoms with Crippen LogP contribution in [0.25, 0.3) is 0 Å². The van der Waals surface area contributed by atoms with Crippen LogP contribution in [0.5, 0.6) is 0 Å². The summed E-state index contributed by atoms with van der Waals surface area (Å²) >= 11 is 5.94. The molecule has 2 rings (SSSR count). The molecule has 0 radical (unpaired) electrons. The van der Waals surface area contributed by atoms with Crippen molar-refractivity contribution in [3.8, 4) is 0 Å². The van der Waals surface area contributed by atoms with E-state index in [1.165, 1.54) is 0 Å². The molecule has 0 aromatic heterocycles. The van der Waals surface area contributed by atoms with E-state index in [9.17, 15) is 9.59 Å². The molecule has 1 aromatic rings. The summed E-state index contributed by atoms with van der Waals surface area (Å²) in [6, 6.07) is 4.97. The van der Waals surface area contributed by atoms with Gasteiger partial charge in [-0.2, -0.15) is 0 Å². The lowest BCUT2D eigenvalue weighted by molar-refractivity contribution is -0.114. The van der Waals surface area contributed by atoms with Crippen LogP contribution >= 0.6 is 11.6 Å². The van der Waals surface area contributed by atoms with Gasteiger partial charge < -0.3 is 4.90 Å². The Hall–Kier alpha value is -1.35. The Kier molecular flexibility index (Phi) is 3.71. The van der Waals surface area contributed by atoms with E-state index in [4.69, 9.17) is 11.6 Å². The molecule has 4 heteroatoms. The third kappa shape index (κ3) is 2.15. The first-order valence-corrected chi connectivity index (χ1v) is 6.62. The number of fused-ring (bicyclic) bond motifs is 1. The Bertz CT molecular complexity index is 495. The molecule has 0 N–H and O–H groups in total. The van der Waals surface area contributed by atoms with Crippen molar-refractivity contribution >= 4 is 29.0 Å². The molecule has 1 aliphatic heterocycles. The monoisotopic (exact) mass is 265 g/mol. The second-order valence-corrected chi connectivity index (χ2v) is 5.03. The number of amides is 1. The number of rotatable bonds is 4. The molecule has 1 aromatic carbocycles. The highest BCUT2D eigenvalue weighted by Gasteiger charge is 2.36. The van der Waals surface area contributed by atoms with Crippen molar-refractivity contribution in [2.75, 3.05) is 11.4 Å². The smallest absolute Gasteiger partial charge is 0.299 e. The van der Waals surface area contributed by atoms with Crippen LogP contribution in [0.15, 0.2) is 18.2 Å². The van der Waals surface area contributed by atoms with Crippen molar-refractivity contribution in [3.05, 3.63) is 28.8 Å². The molecule has 1 aliphatic rings. The van der Waals surface area contributed by atoms with E-state index in [-0.39, 0.29) is 0 Å². The molecule has 0 unspecified atom stereocenters. The number of nitrogens with zero attached hydrogens (tertiary/aromatic N) is 1. The van der Waals surface area contributed by atoms with Gasteiger partial charge in [0.15, 0.2) is 0 Å². The normalized spacial score (nSPS) is 14.6. The van der Waals surface area contributed by atoms with Crippen LogP contribution in [0.4, 0.5) is 5.69 Å². The van der Waals surface area contributed by atoms with Crippen LogP contribution in [0.2, 0.25) is 5.02 Å². The third-order valence-electron chi connectivity index (χ3n) is 3.53. The van der Waals surface area contributed by atoms with Crippen molar-refractivity contribution < 1.29 is 9.59 Å². The summed E-state index contributed by atoms with van der Waals surface area (Å²) in [5, 5.41) is 0.547. The zero-order valence-electron chi connectivity index (χ0n) is 10.6. The van der Waals surface area contributed by atoms with E-state index < -0.39 is 11.7 Å². The van der Waals surface area contributed by atoms with Crippen LogP contribution in [0, 0.1) is 5.92 Å². The number of hydrogen-bond acceptors (Lipinski definition) is 2. The van der Waals surface area contributed by atoms with Crippen LogP contribution < -0.4 is 4.90 Å². The Balaban J connectivity index is 2.35. The Labute approximate surface area is 112 Å². The minimum atomic E-state index is -0.431. The number of anilines is 1. The molecular weight excluding hydrogens is 250 g/mol. The Morgan fingerprint density at radius 2 is 1.89 bits per heavy atom. The van der Waals surface area contributed by atoms with Gasteiger partial charge in [0, 0.05) is 11.6 Å². The number of ketones is 1. The number of Topliss-reactive ketones (excluding diaryl/α,β-unsaturated/α-hetero) is 1. The average molecular weight is 266 g/mol. The summed E-state index contributed by atoms with van der Waals surface area (Å²) in [7, 11) is 0. The number of carbonyl (C=O) groups excluding carboxylic acids is 2. The number of benzene rings is 1. The first kappa shape index (κ1) is 13.1. The molecule has 0 aliphatic carbocycles. The number of halogens is 1. The fourth-order valence-electron chi connectivity index (χ4n) is 2.25. The zero-order chi connectivity index (χ0) is 13.3. The van der Waals surface area contributed by atoms with Gasteiger partial charge in [-0.1, -0.05) is 38.3 Å². The van der Waals surface area contributed by atoms with E-state index in [0.717, 1.165) is 12.8 Å². The average Bonchev–Trinajstić information content (AvgIpc) is 2.60. The number of hydrogen-bond donors (Lipinski definition) is 0. The molecule has 0 bridgehead atoms. The summed E-state index contributed by atoms with van der Waals surface area (Å²) in [5.41, 5.74) is 1.12. The molecule has 0 fully saturated rings. The molecule has 1 heterocycles. The van der Waals surface area contributed by atoms with Crippen LogP contribution in [0.3, 0.4) is 0 Å². The van der Waals surface area contributed by atoms with Gasteiger partial charge in [0.2, 0.25) is 0 Å². The molecule has 0 saturated heterocycles. The highest BCUT2D eigenvalue weighted by molar-refractivity contribution is 6.52. The van der Waals surface area contributed by atoms with Gasteiger partial charge in [-0.3, -0.25) is 9.59 Å². The highest BCUT2D eigenvalue weighted by Crippen LogP contribution is 2.32. The van der Waals surface area contributed by atoms with E-state index in [2.05, 4.69) is 13.8 Å². The van der Waals surface area contributed by atoms with Crippen molar-refractivity contribution in [1.82, 2.24) is 0 Å². The van der Waals surface area contributed by atoms with E-state index in [1.807, 2.05) is 0 Å². The van der Waals surface area contributed by atoms with Gasteiger partial charge in [0.05, 0.1) is 11.3 Å². The van der Waals surface area contributed by atoms with Gasteiger partial charge in [-0.25, -0.2) is 0 Å². The quantitative estimate of drug-likeness (QED) is 0.784. The first-order valence-electron chi connectivity index (χ1n) is 6.24. The van der Waals surface area contributed by atoms with Gasteiger partial charge in [0.25, 0.3) is 11.7 Å². The Morgan fingerprint density at radius 3 is 2.50 bits per heavy atom. The van der Waals surface area contributed by atoms with Crippen LogP contribution in [-0.4, -0.2) is 18.2 Å². The standard InChI is InChI=1S/C14H16ClNO2/c1-3-9(4-2)8-16-12-7-10(15)5-6-11(12)13(17)14(16)18/h5-7,9H,3-4,8H2,1-2H3. The second-order valence-electron chi connectivity index (χ2n) is 4.59. The second kappa shape index (κ2) is 5.11. The first-order chi connectivity index (χ1) is 8.58. The largest absolute Gasteiger partial charge is 0.304 e. The fourth-order valence-corrected chi connectivity index (χ4v) is 2.42. The minimum Gasteiger partial charge on any atom is -0.304 e. The van der Waals surface area contributed by atoms with Crippen molar-refractivity contribution in [2.45, 2.75) is 26.7 Å². The van der Waals surface area contributed by atoms with E-state index in [0.29, 0.717) is 28.7 Å².